The Kier molecular flexibility index (Phi) is 6.64. The molecular formula is C20H27N3O5. The second kappa shape index (κ2) is 9.16. The summed E-state index contributed by atoms with van der Waals surface area (Å²) in [5.41, 5.74) is 1.69. The predicted molar refractivity (Wildman–Crippen MR) is 101 cm³/mol. The van der Waals surface area contributed by atoms with Crippen LogP contribution in [0.15, 0.2) is 30.6 Å². The zero-order chi connectivity index (χ0) is 20.0. The molecule has 2 aromatic heterocycles. The summed E-state index contributed by atoms with van der Waals surface area (Å²) in [6, 6.07) is 5.61. The summed E-state index contributed by atoms with van der Waals surface area (Å²) >= 11 is 0. The largest absolute Gasteiger partial charge is 0.481 e. The minimum Gasteiger partial charge on any atom is -0.481 e. The Bertz CT molecular complexity index is 768. The first-order chi connectivity index (χ1) is 13.5. The van der Waals surface area contributed by atoms with E-state index in [2.05, 4.69) is 10.1 Å². The molecule has 1 saturated heterocycles. The van der Waals surface area contributed by atoms with Crippen molar-refractivity contribution in [3.8, 4) is 5.88 Å². The van der Waals surface area contributed by atoms with Gasteiger partial charge in [-0.2, -0.15) is 5.10 Å². The highest BCUT2D eigenvalue weighted by atomic mass is 16.7. The van der Waals surface area contributed by atoms with E-state index in [1.165, 1.54) is 7.11 Å². The van der Waals surface area contributed by atoms with Gasteiger partial charge >= 0.3 is 5.97 Å². The quantitative estimate of drug-likeness (QED) is 0.609. The van der Waals surface area contributed by atoms with Crippen molar-refractivity contribution in [3.63, 3.8) is 0 Å². The van der Waals surface area contributed by atoms with E-state index in [4.69, 9.17) is 18.9 Å². The van der Waals surface area contributed by atoms with Crippen LogP contribution in [0.1, 0.15) is 43.4 Å². The number of rotatable bonds is 9. The number of aryl methyl sites for hydroxylation is 1. The van der Waals surface area contributed by atoms with E-state index in [9.17, 15) is 4.79 Å². The summed E-state index contributed by atoms with van der Waals surface area (Å²) in [6.45, 7) is 4.01. The molecule has 152 valence electrons. The second-order valence-corrected chi connectivity index (χ2v) is 6.90. The van der Waals surface area contributed by atoms with E-state index in [0.717, 1.165) is 30.6 Å². The molecule has 1 atom stereocenters. The fraction of sp³-hybridized carbons (Fsp3) is 0.550. The van der Waals surface area contributed by atoms with Gasteiger partial charge in [0.05, 0.1) is 39.5 Å². The molecule has 1 unspecified atom stereocenters. The normalized spacial score (nSPS) is 16.7. The Morgan fingerprint density at radius 2 is 2.07 bits per heavy atom. The van der Waals surface area contributed by atoms with Gasteiger partial charge in [-0.15, -0.1) is 0 Å². The molecule has 0 aliphatic carbocycles. The lowest BCUT2D eigenvalue weighted by Gasteiger charge is -2.21. The third-order valence-corrected chi connectivity index (χ3v) is 4.90. The van der Waals surface area contributed by atoms with Crippen LogP contribution in [0.25, 0.3) is 0 Å². The Labute approximate surface area is 164 Å². The smallest absolute Gasteiger partial charge is 0.306 e. The van der Waals surface area contributed by atoms with Crippen molar-refractivity contribution in [1.82, 2.24) is 14.8 Å². The lowest BCUT2D eigenvalue weighted by atomic mass is 9.94. The van der Waals surface area contributed by atoms with Gasteiger partial charge in [0.2, 0.25) is 5.88 Å². The molecule has 1 aliphatic heterocycles. The topological polar surface area (TPSA) is 84.7 Å². The fourth-order valence-corrected chi connectivity index (χ4v) is 3.31. The second-order valence-electron chi connectivity index (χ2n) is 6.90. The SMILES string of the molecule is COC(=O)CC(c1ccc(OC)nc1)c1ccn(CCCC2(C)OCCO2)n1. The maximum atomic E-state index is 11.9. The molecule has 1 fully saturated rings. The van der Waals surface area contributed by atoms with Gasteiger partial charge in [0, 0.05) is 37.3 Å². The summed E-state index contributed by atoms with van der Waals surface area (Å²) in [6.07, 6.45) is 5.51. The van der Waals surface area contributed by atoms with E-state index in [1.807, 2.05) is 29.9 Å². The Hall–Kier alpha value is -2.45. The van der Waals surface area contributed by atoms with Crippen molar-refractivity contribution in [2.45, 2.75) is 44.4 Å². The number of hydrogen-bond acceptors (Lipinski definition) is 7. The molecular weight excluding hydrogens is 362 g/mol. The number of aromatic nitrogens is 3. The van der Waals surface area contributed by atoms with Gasteiger partial charge in [0.25, 0.3) is 0 Å². The number of carbonyl (C=O) groups excluding carboxylic acids is 1. The van der Waals surface area contributed by atoms with Crippen LogP contribution in [-0.4, -0.2) is 54.0 Å². The zero-order valence-electron chi connectivity index (χ0n) is 16.6. The Morgan fingerprint density at radius 1 is 1.29 bits per heavy atom. The summed E-state index contributed by atoms with van der Waals surface area (Å²) in [4.78, 5) is 16.2. The monoisotopic (exact) mass is 389 g/mol. The van der Waals surface area contributed by atoms with Gasteiger partial charge in [0.15, 0.2) is 5.79 Å². The zero-order valence-corrected chi connectivity index (χ0v) is 16.6. The van der Waals surface area contributed by atoms with Gasteiger partial charge in [-0.25, -0.2) is 4.98 Å². The van der Waals surface area contributed by atoms with Crippen molar-refractivity contribution in [2.24, 2.45) is 0 Å². The highest BCUT2D eigenvalue weighted by molar-refractivity contribution is 5.71. The molecule has 0 radical (unpaired) electrons. The number of pyridine rings is 1. The van der Waals surface area contributed by atoms with Gasteiger partial charge in [-0.3, -0.25) is 9.48 Å². The van der Waals surface area contributed by atoms with Crippen LogP contribution in [0.3, 0.4) is 0 Å². The maximum absolute atomic E-state index is 11.9. The summed E-state index contributed by atoms with van der Waals surface area (Å²) in [7, 11) is 2.95. The van der Waals surface area contributed by atoms with E-state index < -0.39 is 5.79 Å². The first-order valence-corrected chi connectivity index (χ1v) is 9.41. The summed E-state index contributed by atoms with van der Waals surface area (Å²) in [5.74, 6) is -0.487. The molecule has 8 heteroatoms. The standard InChI is InChI=1S/C20H27N3O5/c1-20(27-11-12-28-20)8-4-9-23-10-7-17(22-23)16(13-19(24)26-3)15-5-6-18(25-2)21-14-15/h5-7,10,14,16H,4,8-9,11-13H2,1-3H3. The van der Waals surface area contributed by atoms with Crippen molar-refractivity contribution in [3.05, 3.63) is 41.9 Å². The van der Waals surface area contributed by atoms with Gasteiger partial charge < -0.3 is 18.9 Å². The predicted octanol–water partition coefficient (Wildman–Crippen LogP) is 2.52. The van der Waals surface area contributed by atoms with Crippen LogP contribution in [0.5, 0.6) is 5.88 Å². The molecule has 28 heavy (non-hydrogen) atoms. The molecule has 3 heterocycles. The first kappa shape index (κ1) is 20.3. The maximum Gasteiger partial charge on any atom is 0.306 e. The van der Waals surface area contributed by atoms with Crippen LogP contribution in [0.2, 0.25) is 0 Å². The molecule has 1 aliphatic rings. The highest BCUT2D eigenvalue weighted by Gasteiger charge is 2.30. The van der Waals surface area contributed by atoms with Crippen LogP contribution in [0, 0.1) is 0 Å². The van der Waals surface area contributed by atoms with Crippen LogP contribution < -0.4 is 4.74 Å². The molecule has 0 spiro atoms. The highest BCUT2D eigenvalue weighted by Crippen LogP contribution is 2.28. The summed E-state index contributed by atoms with van der Waals surface area (Å²) < 4.78 is 23.1. The van der Waals surface area contributed by atoms with Gasteiger partial charge in [-0.05, 0) is 25.0 Å². The molecule has 0 aromatic carbocycles. The molecule has 2 aromatic rings. The number of ether oxygens (including phenoxy) is 4. The number of methoxy groups -OCH3 is 2. The van der Waals surface area contributed by atoms with Gasteiger partial charge in [-0.1, -0.05) is 6.07 Å². The van der Waals surface area contributed by atoms with Crippen molar-refractivity contribution >= 4 is 5.97 Å². The third-order valence-electron chi connectivity index (χ3n) is 4.90. The molecule has 3 rings (SSSR count). The summed E-state index contributed by atoms with van der Waals surface area (Å²) in [5, 5.41) is 4.67. The lowest BCUT2D eigenvalue weighted by Crippen LogP contribution is -2.25. The fourth-order valence-electron chi connectivity index (χ4n) is 3.31. The molecule has 0 saturated carbocycles. The molecule has 0 amide bonds. The van der Waals surface area contributed by atoms with Crippen LogP contribution in [-0.2, 0) is 25.5 Å². The van der Waals surface area contributed by atoms with Crippen LogP contribution in [0.4, 0.5) is 0 Å². The molecule has 0 N–H and O–H groups in total. The third kappa shape index (κ3) is 5.08. The molecule has 8 nitrogen and oxygen atoms in total. The van der Waals surface area contributed by atoms with E-state index in [1.54, 1.807) is 19.4 Å². The lowest BCUT2D eigenvalue weighted by molar-refractivity contribution is -0.147. The number of carbonyl (C=O) groups is 1. The van der Waals surface area contributed by atoms with E-state index >= 15 is 0 Å². The van der Waals surface area contributed by atoms with Crippen molar-refractivity contribution in [2.75, 3.05) is 27.4 Å². The van der Waals surface area contributed by atoms with E-state index in [0.29, 0.717) is 19.1 Å². The van der Waals surface area contributed by atoms with Crippen molar-refractivity contribution < 1.29 is 23.7 Å². The molecule has 0 bridgehead atoms. The van der Waals surface area contributed by atoms with Crippen molar-refractivity contribution in [1.29, 1.82) is 0 Å². The van der Waals surface area contributed by atoms with E-state index in [-0.39, 0.29) is 18.3 Å². The number of nitrogens with zero attached hydrogens (tertiary/aromatic N) is 3. The minimum absolute atomic E-state index is 0.196. The Balaban J connectivity index is 1.68. The average molecular weight is 389 g/mol. The number of hydrogen-bond donors (Lipinski definition) is 0. The Morgan fingerprint density at radius 3 is 2.71 bits per heavy atom. The van der Waals surface area contributed by atoms with Gasteiger partial charge in [0.1, 0.15) is 0 Å². The first-order valence-electron chi connectivity index (χ1n) is 9.41. The van der Waals surface area contributed by atoms with Crippen LogP contribution >= 0.6 is 0 Å². The minimum atomic E-state index is -0.488. The average Bonchev–Trinajstić information content (AvgIpc) is 3.35. The number of esters is 1.